The van der Waals surface area contributed by atoms with E-state index in [0.717, 1.165) is 0 Å². The van der Waals surface area contributed by atoms with Crippen LogP contribution in [-0.2, 0) is 9.47 Å². The van der Waals surface area contributed by atoms with Crippen LogP contribution in [0.4, 0.5) is 4.39 Å². The Hall–Kier alpha value is -1.16. The Morgan fingerprint density at radius 2 is 2.05 bits per heavy atom. The van der Waals surface area contributed by atoms with Crippen LogP contribution in [0.5, 0.6) is 5.75 Å². The third-order valence-corrected chi connectivity index (χ3v) is 3.06. The predicted octanol–water partition coefficient (Wildman–Crippen LogP) is 2.89. The number of methoxy groups -OCH3 is 1. The summed E-state index contributed by atoms with van der Waals surface area (Å²) >= 11 is 3.03. The molecule has 0 aliphatic carbocycles. The van der Waals surface area contributed by atoms with Crippen molar-refractivity contribution in [2.45, 2.75) is 6.42 Å². The molecule has 19 heavy (non-hydrogen) atoms. The summed E-state index contributed by atoms with van der Waals surface area (Å²) in [4.78, 5) is 0. The highest BCUT2D eigenvalue weighted by Crippen LogP contribution is 2.28. The number of hydrogen-bond acceptors (Lipinski definition) is 4. The van der Waals surface area contributed by atoms with E-state index in [0.29, 0.717) is 32.8 Å². The lowest BCUT2D eigenvalue weighted by molar-refractivity contribution is 0.0642. The summed E-state index contributed by atoms with van der Waals surface area (Å²) in [5, 5.41) is 8.74. The van der Waals surface area contributed by atoms with Crippen molar-refractivity contribution in [2.75, 3.05) is 33.5 Å². The number of nitrogens with zero attached hydrogens (tertiary/aromatic N) is 1. The van der Waals surface area contributed by atoms with Gasteiger partial charge in [-0.15, -0.1) is 0 Å². The second kappa shape index (κ2) is 8.86. The van der Waals surface area contributed by atoms with Crippen LogP contribution in [0.3, 0.4) is 0 Å². The van der Waals surface area contributed by atoms with E-state index in [1.165, 1.54) is 12.1 Å². The first kappa shape index (κ1) is 15.9. The molecule has 4 nitrogen and oxygen atoms in total. The van der Waals surface area contributed by atoms with Crippen LogP contribution in [0, 0.1) is 17.1 Å². The monoisotopic (exact) mass is 331 g/mol. The fourth-order valence-electron chi connectivity index (χ4n) is 1.32. The Kier molecular flexibility index (Phi) is 7.41. The van der Waals surface area contributed by atoms with Crippen LogP contribution >= 0.6 is 15.9 Å². The van der Waals surface area contributed by atoms with Crippen molar-refractivity contribution in [2.24, 2.45) is 0 Å². The van der Waals surface area contributed by atoms with E-state index < -0.39 is 5.82 Å². The standard InChI is InChI=1S/C13H15BrFNO3/c1-17-7-8-18-5-2-6-19-11-4-3-10(9-16)12(14)13(11)15/h3-4H,2,5-8H2,1H3. The first-order valence-corrected chi connectivity index (χ1v) is 6.57. The minimum absolute atomic E-state index is 0.128. The third-order valence-electron chi connectivity index (χ3n) is 2.29. The Morgan fingerprint density at radius 1 is 1.26 bits per heavy atom. The topological polar surface area (TPSA) is 51.5 Å². The van der Waals surface area contributed by atoms with Crippen LogP contribution in [0.15, 0.2) is 16.6 Å². The summed E-state index contributed by atoms with van der Waals surface area (Å²) in [6, 6.07) is 4.85. The molecule has 0 spiro atoms. The molecular weight excluding hydrogens is 317 g/mol. The molecule has 0 unspecified atom stereocenters. The second-order valence-electron chi connectivity index (χ2n) is 3.66. The highest BCUT2D eigenvalue weighted by molar-refractivity contribution is 9.10. The summed E-state index contributed by atoms with van der Waals surface area (Å²) in [6.07, 6.45) is 0.654. The predicted molar refractivity (Wildman–Crippen MR) is 71.6 cm³/mol. The van der Waals surface area contributed by atoms with Gasteiger partial charge in [0.2, 0.25) is 0 Å². The highest BCUT2D eigenvalue weighted by atomic mass is 79.9. The maximum Gasteiger partial charge on any atom is 0.180 e. The summed E-state index contributed by atoms with van der Waals surface area (Å²) in [7, 11) is 1.61. The van der Waals surface area contributed by atoms with Gasteiger partial charge < -0.3 is 14.2 Å². The van der Waals surface area contributed by atoms with Gasteiger partial charge in [0.25, 0.3) is 0 Å². The minimum Gasteiger partial charge on any atom is -0.490 e. The van der Waals surface area contributed by atoms with Crippen molar-refractivity contribution >= 4 is 15.9 Å². The van der Waals surface area contributed by atoms with Crippen LogP contribution in [0.1, 0.15) is 12.0 Å². The van der Waals surface area contributed by atoms with Gasteiger partial charge in [-0.05, 0) is 28.1 Å². The van der Waals surface area contributed by atoms with Gasteiger partial charge in [-0.25, -0.2) is 4.39 Å². The van der Waals surface area contributed by atoms with E-state index >= 15 is 0 Å². The van der Waals surface area contributed by atoms with E-state index in [2.05, 4.69) is 15.9 Å². The molecule has 0 saturated carbocycles. The van der Waals surface area contributed by atoms with Gasteiger partial charge >= 0.3 is 0 Å². The zero-order valence-corrected chi connectivity index (χ0v) is 12.2. The van der Waals surface area contributed by atoms with E-state index in [-0.39, 0.29) is 15.8 Å². The molecule has 0 radical (unpaired) electrons. The lowest BCUT2D eigenvalue weighted by Gasteiger charge is -2.09. The van der Waals surface area contributed by atoms with Gasteiger partial charge in [-0.2, -0.15) is 5.26 Å². The molecule has 0 atom stereocenters. The zero-order chi connectivity index (χ0) is 14.1. The van der Waals surface area contributed by atoms with Gasteiger partial charge in [0, 0.05) is 20.1 Å². The molecule has 104 valence electrons. The van der Waals surface area contributed by atoms with E-state index in [1.54, 1.807) is 7.11 Å². The SMILES string of the molecule is COCCOCCCOc1ccc(C#N)c(Br)c1F. The smallest absolute Gasteiger partial charge is 0.180 e. The summed E-state index contributed by atoms with van der Waals surface area (Å²) < 4.78 is 29.3. The number of hydrogen-bond donors (Lipinski definition) is 0. The molecule has 1 rings (SSSR count). The number of halogens is 2. The molecule has 0 aromatic heterocycles. The fourth-order valence-corrected chi connectivity index (χ4v) is 1.73. The maximum atomic E-state index is 13.8. The molecule has 0 bridgehead atoms. The molecule has 0 saturated heterocycles. The molecule has 1 aromatic rings. The first-order valence-electron chi connectivity index (χ1n) is 5.78. The Labute approximate surface area is 120 Å². The maximum absolute atomic E-state index is 13.8. The number of ether oxygens (including phenoxy) is 3. The Balaban J connectivity index is 2.34. The highest BCUT2D eigenvalue weighted by Gasteiger charge is 2.11. The molecule has 0 aliphatic rings. The van der Waals surface area contributed by atoms with Crippen LogP contribution < -0.4 is 4.74 Å². The summed E-state index contributed by atoms with van der Waals surface area (Å²) in [5.74, 6) is -0.429. The van der Waals surface area contributed by atoms with E-state index in [4.69, 9.17) is 19.5 Å². The van der Waals surface area contributed by atoms with Gasteiger partial charge in [0.05, 0.1) is 29.9 Å². The largest absolute Gasteiger partial charge is 0.490 e. The average molecular weight is 332 g/mol. The molecule has 0 heterocycles. The lowest BCUT2D eigenvalue weighted by Crippen LogP contribution is -2.07. The van der Waals surface area contributed by atoms with Crippen molar-refractivity contribution in [3.8, 4) is 11.8 Å². The minimum atomic E-state index is -0.556. The van der Waals surface area contributed by atoms with Gasteiger partial charge in [-0.1, -0.05) is 0 Å². The molecule has 6 heteroatoms. The van der Waals surface area contributed by atoms with Crippen LogP contribution in [0.25, 0.3) is 0 Å². The zero-order valence-electron chi connectivity index (χ0n) is 10.6. The number of benzene rings is 1. The van der Waals surface area contributed by atoms with E-state index in [9.17, 15) is 4.39 Å². The normalized spacial score (nSPS) is 10.2. The summed E-state index contributed by atoms with van der Waals surface area (Å²) in [6.45, 7) is 1.97. The third kappa shape index (κ3) is 5.15. The molecule has 0 fully saturated rings. The summed E-state index contributed by atoms with van der Waals surface area (Å²) in [5.41, 5.74) is 0.243. The lowest BCUT2D eigenvalue weighted by atomic mass is 10.2. The Bertz CT molecular complexity index is 448. The van der Waals surface area contributed by atoms with Crippen LogP contribution in [0.2, 0.25) is 0 Å². The number of rotatable bonds is 8. The van der Waals surface area contributed by atoms with Crippen molar-refractivity contribution in [3.05, 3.63) is 28.0 Å². The van der Waals surface area contributed by atoms with Crippen molar-refractivity contribution < 1.29 is 18.6 Å². The van der Waals surface area contributed by atoms with E-state index in [1.807, 2.05) is 6.07 Å². The Morgan fingerprint density at radius 3 is 2.74 bits per heavy atom. The van der Waals surface area contributed by atoms with Crippen molar-refractivity contribution in [1.82, 2.24) is 0 Å². The van der Waals surface area contributed by atoms with Gasteiger partial charge in [-0.3, -0.25) is 0 Å². The van der Waals surface area contributed by atoms with Gasteiger partial charge in [0.15, 0.2) is 11.6 Å². The first-order chi connectivity index (χ1) is 9.20. The number of nitriles is 1. The molecule has 0 N–H and O–H groups in total. The molecule has 1 aromatic carbocycles. The van der Waals surface area contributed by atoms with Gasteiger partial charge in [0.1, 0.15) is 6.07 Å². The molecule has 0 aliphatic heterocycles. The van der Waals surface area contributed by atoms with Crippen LogP contribution in [-0.4, -0.2) is 33.5 Å². The van der Waals surface area contributed by atoms with Crippen molar-refractivity contribution in [1.29, 1.82) is 5.26 Å². The quantitative estimate of drug-likeness (QED) is 0.687. The van der Waals surface area contributed by atoms with Crippen molar-refractivity contribution in [3.63, 3.8) is 0 Å². The fraction of sp³-hybridized carbons (Fsp3) is 0.462. The second-order valence-corrected chi connectivity index (χ2v) is 4.45. The molecule has 0 amide bonds. The molecular formula is C13H15BrFNO3. The average Bonchev–Trinajstić information content (AvgIpc) is 2.42.